The summed E-state index contributed by atoms with van der Waals surface area (Å²) in [5.74, 6) is 1.90. The Labute approximate surface area is 186 Å². The normalized spacial score (nSPS) is 29.2. The van der Waals surface area contributed by atoms with Gasteiger partial charge in [-0.3, -0.25) is 19.3 Å². The number of carbonyl (C=O) groups is 3. The fraction of sp³-hybridized carbons (Fsp3) is 0.591. The van der Waals surface area contributed by atoms with Gasteiger partial charge in [-0.2, -0.15) is 0 Å². The summed E-state index contributed by atoms with van der Waals surface area (Å²) in [6, 6.07) is 5.80. The molecule has 0 saturated carbocycles. The first-order valence-electron chi connectivity index (χ1n) is 10.9. The van der Waals surface area contributed by atoms with Crippen LogP contribution in [0.1, 0.15) is 24.8 Å². The maximum absolute atomic E-state index is 12.4. The largest absolute Gasteiger partial charge is 0.483 e. The molecule has 3 fully saturated rings. The Bertz CT molecular complexity index is 879. The maximum atomic E-state index is 12.4. The Hall–Kier alpha value is -2.85. The third-order valence-corrected chi connectivity index (χ3v) is 6.85. The minimum atomic E-state index is -0.302. The average Bonchev–Trinajstić information content (AvgIpc) is 3.50. The second-order valence-electron chi connectivity index (χ2n) is 8.76. The van der Waals surface area contributed by atoms with Crippen LogP contribution in [0.3, 0.4) is 0 Å². The van der Waals surface area contributed by atoms with Gasteiger partial charge in [0.1, 0.15) is 0 Å². The lowest BCUT2D eigenvalue weighted by Crippen LogP contribution is -2.41. The molecule has 4 heterocycles. The van der Waals surface area contributed by atoms with Crippen LogP contribution in [-0.2, 0) is 25.5 Å². The van der Waals surface area contributed by atoms with Gasteiger partial charge in [-0.25, -0.2) is 0 Å². The van der Waals surface area contributed by atoms with E-state index in [0.717, 1.165) is 43.0 Å². The average molecular weight is 447 g/mol. The molecule has 0 aliphatic carbocycles. The fourth-order valence-electron chi connectivity index (χ4n) is 5.57. The first-order valence-corrected chi connectivity index (χ1v) is 10.9. The van der Waals surface area contributed by atoms with Crippen molar-refractivity contribution < 1.29 is 33.7 Å². The van der Waals surface area contributed by atoms with Crippen molar-refractivity contribution in [3.8, 4) is 11.5 Å². The number of benzene rings is 1. The first-order chi connectivity index (χ1) is 15.4. The van der Waals surface area contributed by atoms with Gasteiger partial charge in [0.15, 0.2) is 11.5 Å². The number of rotatable bonds is 7. The highest BCUT2D eigenvalue weighted by molar-refractivity contribution is 5.76. The number of carboxylic acid groups (broad SMARTS) is 1. The number of nitrogens with one attached hydrogen (secondary N) is 1. The number of carbonyl (C=O) groups excluding carboxylic acids is 2. The van der Waals surface area contributed by atoms with Crippen molar-refractivity contribution in [2.45, 2.75) is 37.4 Å². The van der Waals surface area contributed by atoms with Crippen molar-refractivity contribution in [1.82, 2.24) is 10.2 Å². The molecule has 4 atom stereocenters. The molecule has 5 rings (SSSR count). The van der Waals surface area contributed by atoms with Gasteiger partial charge in [0.05, 0.1) is 18.2 Å². The lowest BCUT2D eigenvalue weighted by molar-refractivity contribution is -0.123. The number of nitrogens with zero attached hydrogens (tertiary/aromatic N) is 1. The van der Waals surface area contributed by atoms with Crippen LogP contribution in [0.25, 0.3) is 0 Å². The van der Waals surface area contributed by atoms with E-state index in [-0.39, 0.29) is 43.3 Å². The molecule has 4 N–H and O–H groups in total. The molecule has 1 aromatic rings. The molecule has 0 radical (unpaired) electrons. The molecule has 2 bridgehead atoms. The monoisotopic (exact) mass is 447 g/mol. The van der Waals surface area contributed by atoms with Crippen molar-refractivity contribution in [2.24, 2.45) is 17.6 Å². The molecule has 3 saturated heterocycles. The van der Waals surface area contributed by atoms with E-state index < -0.39 is 0 Å². The van der Waals surface area contributed by atoms with Crippen LogP contribution in [0.2, 0.25) is 0 Å². The van der Waals surface area contributed by atoms with Crippen molar-refractivity contribution >= 4 is 18.3 Å². The minimum absolute atomic E-state index is 0.0477. The minimum Gasteiger partial charge on any atom is -0.483 e. The van der Waals surface area contributed by atoms with Crippen LogP contribution in [0.4, 0.5) is 0 Å². The zero-order valence-electron chi connectivity index (χ0n) is 17.8. The highest BCUT2D eigenvalue weighted by Crippen LogP contribution is 2.54. The molecule has 1 aromatic carbocycles. The number of hydrogen-bond acceptors (Lipinski definition) is 7. The number of ether oxygens (including phenoxy) is 3. The van der Waals surface area contributed by atoms with Crippen LogP contribution in [0.15, 0.2) is 18.2 Å². The van der Waals surface area contributed by atoms with E-state index in [1.165, 1.54) is 0 Å². The van der Waals surface area contributed by atoms with Gasteiger partial charge in [0, 0.05) is 37.9 Å². The van der Waals surface area contributed by atoms with Gasteiger partial charge in [-0.05, 0) is 37.0 Å². The summed E-state index contributed by atoms with van der Waals surface area (Å²) in [6.45, 7) is 2.49. The summed E-state index contributed by atoms with van der Waals surface area (Å²) in [5, 5.41) is 10.0. The topological polar surface area (TPSA) is 140 Å². The van der Waals surface area contributed by atoms with E-state index in [0.29, 0.717) is 31.2 Å². The lowest BCUT2D eigenvalue weighted by Gasteiger charge is -2.29. The molecule has 1 spiro atoms. The van der Waals surface area contributed by atoms with Gasteiger partial charge < -0.3 is 30.4 Å². The van der Waals surface area contributed by atoms with E-state index in [1.807, 2.05) is 18.2 Å². The molecular formula is C22H29N3O7. The van der Waals surface area contributed by atoms with Crippen LogP contribution >= 0.6 is 0 Å². The molecule has 0 unspecified atom stereocenters. The van der Waals surface area contributed by atoms with Crippen LogP contribution in [0.5, 0.6) is 11.5 Å². The van der Waals surface area contributed by atoms with E-state index in [1.54, 1.807) is 0 Å². The predicted octanol–water partition coefficient (Wildman–Crippen LogP) is 0.130. The molecular weight excluding hydrogens is 418 g/mol. The van der Waals surface area contributed by atoms with Crippen LogP contribution < -0.4 is 20.5 Å². The van der Waals surface area contributed by atoms with Gasteiger partial charge in [0.2, 0.25) is 18.6 Å². The summed E-state index contributed by atoms with van der Waals surface area (Å²) >= 11 is 0. The van der Waals surface area contributed by atoms with Crippen molar-refractivity contribution in [3.63, 3.8) is 0 Å². The Morgan fingerprint density at radius 2 is 2.09 bits per heavy atom. The van der Waals surface area contributed by atoms with E-state index in [2.05, 4.69) is 10.2 Å². The highest BCUT2D eigenvalue weighted by Gasteiger charge is 2.62. The zero-order valence-corrected chi connectivity index (χ0v) is 17.8. The SMILES string of the molecule is NC(=O)CN1C[C@@H]2[C@H](CNC(=O)CCc3ccc4c(c3)OCO4)[C@H]3CC[C@]2(C1)O3.O=CO. The number of amides is 2. The molecule has 2 amide bonds. The van der Waals surface area contributed by atoms with Crippen molar-refractivity contribution in [1.29, 1.82) is 0 Å². The molecule has 4 aliphatic heterocycles. The molecule has 0 aromatic heterocycles. The smallest absolute Gasteiger partial charge is 0.290 e. The van der Waals surface area contributed by atoms with Gasteiger partial charge >= 0.3 is 0 Å². The summed E-state index contributed by atoms with van der Waals surface area (Å²) in [4.78, 5) is 34.2. The second-order valence-corrected chi connectivity index (χ2v) is 8.76. The first kappa shape index (κ1) is 22.3. The highest BCUT2D eigenvalue weighted by atomic mass is 16.7. The molecule has 32 heavy (non-hydrogen) atoms. The van der Waals surface area contributed by atoms with Crippen molar-refractivity contribution in [3.05, 3.63) is 23.8 Å². The third kappa shape index (κ3) is 4.51. The van der Waals surface area contributed by atoms with E-state index in [4.69, 9.17) is 29.8 Å². The van der Waals surface area contributed by atoms with Gasteiger partial charge in [-0.15, -0.1) is 0 Å². The van der Waals surface area contributed by atoms with Crippen LogP contribution in [0, 0.1) is 11.8 Å². The summed E-state index contributed by atoms with van der Waals surface area (Å²) in [6.07, 6.45) is 3.36. The number of nitrogens with two attached hydrogens (primary N) is 1. The third-order valence-electron chi connectivity index (χ3n) is 6.85. The summed E-state index contributed by atoms with van der Waals surface area (Å²) in [5.41, 5.74) is 6.28. The number of fused-ring (bicyclic) bond motifs is 2. The molecule has 10 heteroatoms. The number of likely N-dealkylation sites (tertiary alicyclic amines) is 1. The van der Waals surface area contributed by atoms with E-state index >= 15 is 0 Å². The van der Waals surface area contributed by atoms with Crippen LogP contribution in [-0.4, -0.2) is 73.0 Å². The Balaban J connectivity index is 0.000000775. The Morgan fingerprint density at radius 3 is 2.88 bits per heavy atom. The Morgan fingerprint density at radius 1 is 1.31 bits per heavy atom. The van der Waals surface area contributed by atoms with Gasteiger partial charge in [0.25, 0.3) is 6.47 Å². The molecule has 174 valence electrons. The standard InChI is InChI=1S/C21H27N3O5.CH2O2/c22-19(25)10-24-9-15-14(16-5-6-21(15,11-24)29-16)8-23-20(26)4-2-13-1-3-17-18(7-13)28-12-27-17;2-1-3/h1,3,7,14-16H,2,4-6,8-12H2,(H2,22,25)(H,23,26);1H,(H,2,3)/t14-,15+,16+,21+;/m0./s1. The Kier molecular flexibility index (Phi) is 6.52. The predicted molar refractivity (Wildman–Crippen MR) is 112 cm³/mol. The summed E-state index contributed by atoms with van der Waals surface area (Å²) < 4.78 is 17.1. The zero-order chi connectivity index (χ0) is 22.7. The molecule has 4 aliphatic rings. The second kappa shape index (κ2) is 9.33. The number of hydrogen-bond donors (Lipinski definition) is 3. The molecule has 10 nitrogen and oxygen atoms in total. The lowest BCUT2D eigenvalue weighted by atomic mass is 9.73. The quantitative estimate of drug-likeness (QED) is 0.501. The van der Waals surface area contributed by atoms with Gasteiger partial charge in [-0.1, -0.05) is 6.07 Å². The number of aryl methyl sites for hydroxylation is 1. The van der Waals surface area contributed by atoms with E-state index in [9.17, 15) is 9.59 Å². The summed E-state index contributed by atoms with van der Waals surface area (Å²) in [7, 11) is 0. The maximum Gasteiger partial charge on any atom is 0.290 e. The van der Waals surface area contributed by atoms with Crippen molar-refractivity contribution in [2.75, 3.05) is 33.0 Å². The number of primary amides is 1. The fourth-order valence-corrected chi connectivity index (χ4v) is 5.57.